The molecule has 0 spiro atoms. The molecule has 1 saturated heterocycles. The van der Waals surface area contributed by atoms with Crippen LogP contribution in [0.1, 0.15) is 43.5 Å². The van der Waals surface area contributed by atoms with E-state index in [-0.39, 0.29) is 31.2 Å². The number of carbonyl (C=O) groups excluding carboxylic acids is 1. The molecule has 3 heterocycles. The number of imidazole rings is 1. The van der Waals surface area contributed by atoms with Crippen molar-refractivity contribution in [2.24, 2.45) is 18.7 Å². The number of carboxylic acid groups (broad SMARTS) is 1. The molecule has 2 aliphatic heterocycles. The van der Waals surface area contributed by atoms with Gasteiger partial charge < -0.3 is 29.8 Å². The SMILES string of the molecule is CCCCN(CCN)C(=O)CN1C[C@H](c2ccc3c(c2)OCO3)C(C(=O)O)[C@@H]1CCc1nccn1C. The molecule has 1 fully saturated rings. The lowest BCUT2D eigenvalue weighted by molar-refractivity contribution is -0.143. The number of unbranched alkanes of at least 4 members (excludes halogenated alkanes) is 1. The molecule has 2 aromatic rings. The summed E-state index contributed by atoms with van der Waals surface area (Å²) in [6.07, 6.45) is 6.73. The fourth-order valence-electron chi connectivity index (χ4n) is 5.39. The Morgan fingerprint density at radius 1 is 1.25 bits per heavy atom. The third-order valence-corrected chi connectivity index (χ3v) is 7.31. The molecule has 3 N–H and O–H groups in total. The summed E-state index contributed by atoms with van der Waals surface area (Å²) >= 11 is 0. The van der Waals surface area contributed by atoms with Crippen LogP contribution in [0.15, 0.2) is 30.6 Å². The first-order valence-electron chi connectivity index (χ1n) is 12.7. The molecule has 0 saturated carbocycles. The van der Waals surface area contributed by atoms with E-state index in [4.69, 9.17) is 15.2 Å². The second kappa shape index (κ2) is 11.7. The van der Waals surface area contributed by atoms with Gasteiger partial charge in [-0.05, 0) is 30.5 Å². The predicted octanol–water partition coefficient (Wildman–Crippen LogP) is 1.84. The van der Waals surface area contributed by atoms with Gasteiger partial charge in [-0.15, -0.1) is 0 Å². The van der Waals surface area contributed by atoms with Crippen molar-refractivity contribution in [2.45, 2.75) is 44.6 Å². The van der Waals surface area contributed by atoms with Gasteiger partial charge in [0, 0.05) is 64.0 Å². The zero-order chi connectivity index (χ0) is 25.7. The molecular weight excluding hydrogens is 462 g/mol. The number of carboxylic acids is 1. The molecule has 0 aliphatic carbocycles. The van der Waals surface area contributed by atoms with Crippen molar-refractivity contribution in [3.05, 3.63) is 42.0 Å². The van der Waals surface area contributed by atoms with Crippen LogP contribution >= 0.6 is 0 Å². The number of aryl methyl sites for hydroxylation is 2. The van der Waals surface area contributed by atoms with Gasteiger partial charge in [-0.1, -0.05) is 19.4 Å². The van der Waals surface area contributed by atoms with Crippen molar-refractivity contribution in [3.63, 3.8) is 0 Å². The Morgan fingerprint density at radius 3 is 2.75 bits per heavy atom. The van der Waals surface area contributed by atoms with Crippen LogP contribution in [0, 0.1) is 5.92 Å². The Morgan fingerprint density at radius 2 is 2.06 bits per heavy atom. The lowest BCUT2D eigenvalue weighted by Gasteiger charge is -2.29. The lowest BCUT2D eigenvalue weighted by atomic mass is 9.83. The number of likely N-dealkylation sites (tertiary alicyclic amines) is 1. The van der Waals surface area contributed by atoms with Gasteiger partial charge in [0.1, 0.15) is 5.82 Å². The normalized spacial score (nSPS) is 21.1. The summed E-state index contributed by atoms with van der Waals surface area (Å²) in [5.74, 6) is 0.366. The van der Waals surface area contributed by atoms with Gasteiger partial charge in [0.25, 0.3) is 0 Å². The Kier molecular flexibility index (Phi) is 8.48. The molecule has 3 atom stereocenters. The van der Waals surface area contributed by atoms with Gasteiger partial charge in [0.05, 0.1) is 12.5 Å². The molecule has 0 radical (unpaired) electrons. The molecule has 4 rings (SSSR count). The van der Waals surface area contributed by atoms with Crippen LogP contribution in [0.2, 0.25) is 0 Å². The number of aliphatic carboxylic acids is 1. The fourth-order valence-corrected chi connectivity index (χ4v) is 5.39. The summed E-state index contributed by atoms with van der Waals surface area (Å²) in [6.45, 7) is 4.44. The fraction of sp³-hybridized carbons (Fsp3) is 0.577. The van der Waals surface area contributed by atoms with E-state index in [1.165, 1.54) is 0 Å². The predicted molar refractivity (Wildman–Crippen MR) is 134 cm³/mol. The highest BCUT2D eigenvalue weighted by Gasteiger charge is 2.47. The monoisotopic (exact) mass is 499 g/mol. The van der Waals surface area contributed by atoms with E-state index < -0.39 is 11.9 Å². The maximum atomic E-state index is 13.3. The van der Waals surface area contributed by atoms with Crippen LogP contribution in [0.5, 0.6) is 11.5 Å². The standard InChI is InChI=1S/C26H37N5O5/c1-3-4-11-30(12-9-27)24(32)16-31-15-19(18-5-7-21-22(14-18)36-17-35-21)25(26(33)34)20(31)6-8-23-28-10-13-29(23)2/h5,7,10,13-14,19-20,25H,3-4,6,8-9,11-12,15-17,27H2,1-2H3,(H,33,34)/t19-,20+,25?/m1/s1. The number of nitrogens with two attached hydrogens (primary N) is 1. The summed E-state index contributed by atoms with van der Waals surface area (Å²) in [5.41, 5.74) is 6.66. The third-order valence-electron chi connectivity index (χ3n) is 7.31. The number of ether oxygens (including phenoxy) is 2. The van der Waals surface area contributed by atoms with Gasteiger partial charge in [-0.25, -0.2) is 4.98 Å². The summed E-state index contributed by atoms with van der Waals surface area (Å²) in [6, 6.07) is 5.31. The van der Waals surface area contributed by atoms with E-state index in [0.717, 1.165) is 24.2 Å². The number of hydrogen-bond acceptors (Lipinski definition) is 7. The number of hydrogen-bond donors (Lipinski definition) is 2. The summed E-state index contributed by atoms with van der Waals surface area (Å²) in [7, 11) is 1.93. The number of fused-ring (bicyclic) bond motifs is 1. The average Bonchev–Trinajstić information content (AvgIpc) is 3.58. The van der Waals surface area contributed by atoms with Crippen molar-refractivity contribution in [1.82, 2.24) is 19.4 Å². The average molecular weight is 500 g/mol. The molecular formula is C26H37N5O5. The number of aromatic nitrogens is 2. The highest BCUT2D eigenvalue weighted by Crippen LogP contribution is 2.43. The first-order chi connectivity index (χ1) is 17.4. The van der Waals surface area contributed by atoms with Crippen LogP contribution in [0.4, 0.5) is 0 Å². The Hall–Kier alpha value is -3.11. The maximum absolute atomic E-state index is 13.3. The van der Waals surface area contributed by atoms with E-state index in [9.17, 15) is 14.7 Å². The van der Waals surface area contributed by atoms with Crippen LogP contribution in [0.3, 0.4) is 0 Å². The van der Waals surface area contributed by atoms with Crippen molar-refractivity contribution in [2.75, 3.05) is 39.5 Å². The van der Waals surface area contributed by atoms with Crippen molar-refractivity contribution >= 4 is 11.9 Å². The van der Waals surface area contributed by atoms with Gasteiger partial charge in [0.15, 0.2) is 11.5 Å². The largest absolute Gasteiger partial charge is 0.481 e. The quantitative estimate of drug-likeness (QED) is 0.454. The lowest BCUT2D eigenvalue weighted by Crippen LogP contribution is -2.45. The molecule has 1 unspecified atom stereocenters. The topological polar surface area (TPSA) is 123 Å². The van der Waals surface area contributed by atoms with Gasteiger partial charge >= 0.3 is 5.97 Å². The molecule has 1 amide bonds. The van der Waals surface area contributed by atoms with Crippen LogP contribution in [-0.4, -0.2) is 81.9 Å². The van der Waals surface area contributed by atoms with Gasteiger partial charge in [-0.2, -0.15) is 0 Å². The first kappa shape index (κ1) is 26.0. The molecule has 1 aromatic carbocycles. The van der Waals surface area contributed by atoms with E-state index in [2.05, 4.69) is 16.8 Å². The zero-order valence-corrected chi connectivity index (χ0v) is 21.1. The first-order valence-corrected chi connectivity index (χ1v) is 12.7. The third kappa shape index (κ3) is 5.65. The number of amides is 1. The minimum absolute atomic E-state index is 0.00799. The van der Waals surface area contributed by atoms with Crippen LogP contribution in [0.25, 0.3) is 0 Å². The number of nitrogens with zero attached hydrogens (tertiary/aromatic N) is 4. The Bertz CT molecular complexity index is 1060. The highest BCUT2D eigenvalue weighted by molar-refractivity contribution is 5.79. The smallest absolute Gasteiger partial charge is 0.308 e. The van der Waals surface area contributed by atoms with Gasteiger partial charge in [0.2, 0.25) is 12.7 Å². The Balaban J connectivity index is 1.60. The second-order valence-corrected chi connectivity index (χ2v) is 9.60. The van der Waals surface area contributed by atoms with E-state index in [0.29, 0.717) is 50.5 Å². The summed E-state index contributed by atoms with van der Waals surface area (Å²) in [4.78, 5) is 34.3. The van der Waals surface area contributed by atoms with Gasteiger partial charge in [-0.3, -0.25) is 14.5 Å². The van der Waals surface area contributed by atoms with E-state index in [1.807, 2.05) is 40.9 Å². The number of benzene rings is 1. The molecule has 2 aliphatic rings. The zero-order valence-electron chi connectivity index (χ0n) is 21.1. The summed E-state index contributed by atoms with van der Waals surface area (Å²) < 4.78 is 12.9. The van der Waals surface area contributed by atoms with Crippen molar-refractivity contribution in [3.8, 4) is 11.5 Å². The minimum atomic E-state index is -0.859. The van der Waals surface area contributed by atoms with Crippen LogP contribution in [-0.2, 0) is 23.1 Å². The van der Waals surface area contributed by atoms with E-state index in [1.54, 1.807) is 6.20 Å². The molecule has 1 aromatic heterocycles. The van der Waals surface area contributed by atoms with E-state index >= 15 is 0 Å². The minimum Gasteiger partial charge on any atom is -0.481 e. The number of carbonyl (C=O) groups is 2. The molecule has 10 nitrogen and oxygen atoms in total. The maximum Gasteiger partial charge on any atom is 0.308 e. The molecule has 0 bridgehead atoms. The second-order valence-electron chi connectivity index (χ2n) is 9.60. The highest BCUT2D eigenvalue weighted by atomic mass is 16.7. The molecule has 10 heteroatoms. The summed E-state index contributed by atoms with van der Waals surface area (Å²) in [5, 5.41) is 10.4. The molecule has 196 valence electrons. The van der Waals surface area contributed by atoms with Crippen molar-refractivity contribution < 1.29 is 24.2 Å². The van der Waals surface area contributed by atoms with Crippen LogP contribution < -0.4 is 15.2 Å². The number of rotatable bonds is 12. The molecule has 36 heavy (non-hydrogen) atoms. The Labute approximate surface area is 212 Å². The van der Waals surface area contributed by atoms with Crippen molar-refractivity contribution in [1.29, 1.82) is 0 Å².